The molecule has 0 radical (unpaired) electrons. The minimum Gasteiger partial charge on any atom is -0.441 e. The lowest BCUT2D eigenvalue weighted by Gasteiger charge is -2.23. The molecule has 1 atom stereocenters. The molecule has 23 heavy (non-hydrogen) atoms. The standard InChI is InChI=1S/C18H23N3O2/c22-17(21-15-8-5-11-19-12-15)9-4-10-18-20-13-16(23-18)14-6-2-1-3-7-14/h1-3,6-7,13,15,19H,4-5,8-12H2,(H,21,22). The van der Waals surface area contributed by atoms with Crippen LogP contribution in [0.3, 0.4) is 0 Å². The van der Waals surface area contributed by atoms with Crippen LogP contribution in [0.1, 0.15) is 31.6 Å². The summed E-state index contributed by atoms with van der Waals surface area (Å²) in [4.78, 5) is 16.2. The number of oxazole rings is 1. The first-order valence-electron chi connectivity index (χ1n) is 8.31. The van der Waals surface area contributed by atoms with Gasteiger partial charge in [0, 0.05) is 31.0 Å². The van der Waals surface area contributed by atoms with E-state index >= 15 is 0 Å². The average molecular weight is 313 g/mol. The molecule has 1 fully saturated rings. The van der Waals surface area contributed by atoms with Gasteiger partial charge in [-0.3, -0.25) is 4.79 Å². The van der Waals surface area contributed by atoms with E-state index in [0.29, 0.717) is 18.7 Å². The molecule has 2 heterocycles. The molecule has 5 heteroatoms. The fourth-order valence-electron chi connectivity index (χ4n) is 2.84. The predicted octanol–water partition coefficient (Wildman–Crippen LogP) is 2.53. The van der Waals surface area contributed by atoms with Gasteiger partial charge in [-0.15, -0.1) is 0 Å². The molecule has 2 aromatic rings. The first-order chi connectivity index (χ1) is 11.3. The molecule has 0 bridgehead atoms. The first kappa shape index (κ1) is 15.7. The van der Waals surface area contributed by atoms with Crippen LogP contribution < -0.4 is 10.6 Å². The summed E-state index contributed by atoms with van der Waals surface area (Å²) in [5.41, 5.74) is 1.02. The Bertz CT molecular complexity index is 618. The highest BCUT2D eigenvalue weighted by molar-refractivity contribution is 5.76. The van der Waals surface area contributed by atoms with Crippen LogP contribution in [0.25, 0.3) is 11.3 Å². The largest absolute Gasteiger partial charge is 0.441 e. The number of aromatic nitrogens is 1. The van der Waals surface area contributed by atoms with Crippen molar-refractivity contribution in [3.8, 4) is 11.3 Å². The monoisotopic (exact) mass is 313 g/mol. The zero-order valence-electron chi connectivity index (χ0n) is 13.3. The molecule has 3 rings (SSSR count). The topological polar surface area (TPSA) is 67.2 Å². The fourth-order valence-corrected chi connectivity index (χ4v) is 2.84. The van der Waals surface area contributed by atoms with E-state index in [1.165, 1.54) is 0 Å². The fraction of sp³-hybridized carbons (Fsp3) is 0.444. The van der Waals surface area contributed by atoms with E-state index in [0.717, 1.165) is 43.7 Å². The molecule has 1 aromatic heterocycles. The number of carbonyl (C=O) groups excluding carboxylic acids is 1. The molecule has 0 aliphatic carbocycles. The molecule has 5 nitrogen and oxygen atoms in total. The number of benzene rings is 1. The molecule has 2 N–H and O–H groups in total. The maximum Gasteiger partial charge on any atom is 0.220 e. The van der Waals surface area contributed by atoms with Gasteiger partial charge in [0.2, 0.25) is 5.91 Å². The van der Waals surface area contributed by atoms with Gasteiger partial charge in [0.25, 0.3) is 0 Å². The molecule has 1 unspecified atom stereocenters. The quantitative estimate of drug-likeness (QED) is 0.860. The van der Waals surface area contributed by atoms with E-state index in [1.54, 1.807) is 6.20 Å². The molecule has 1 aliphatic rings. The normalized spacial score (nSPS) is 17.8. The third kappa shape index (κ3) is 4.66. The Balaban J connectivity index is 1.42. The van der Waals surface area contributed by atoms with Gasteiger partial charge in [-0.1, -0.05) is 30.3 Å². The molecule has 122 valence electrons. The van der Waals surface area contributed by atoms with Crippen molar-refractivity contribution in [2.45, 2.75) is 38.1 Å². The van der Waals surface area contributed by atoms with Crippen molar-refractivity contribution < 1.29 is 9.21 Å². The molecule has 1 amide bonds. The summed E-state index contributed by atoms with van der Waals surface area (Å²) < 4.78 is 5.75. The number of nitrogens with zero attached hydrogens (tertiary/aromatic N) is 1. The molecule has 1 aromatic carbocycles. The van der Waals surface area contributed by atoms with Crippen LogP contribution in [0.15, 0.2) is 40.9 Å². The number of hydrogen-bond acceptors (Lipinski definition) is 4. The van der Waals surface area contributed by atoms with Gasteiger partial charge in [-0.2, -0.15) is 0 Å². The predicted molar refractivity (Wildman–Crippen MR) is 88.9 cm³/mol. The van der Waals surface area contributed by atoms with Crippen LogP contribution in [0.2, 0.25) is 0 Å². The van der Waals surface area contributed by atoms with Crippen molar-refractivity contribution >= 4 is 5.91 Å². The van der Waals surface area contributed by atoms with Crippen molar-refractivity contribution in [2.75, 3.05) is 13.1 Å². The number of amides is 1. The van der Waals surface area contributed by atoms with E-state index in [2.05, 4.69) is 15.6 Å². The Kier molecular flexibility index (Phi) is 5.42. The summed E-state index contributed by atoms with van der Waals surface area (Å²) in [6, 6.07) is 10.2. The highest BCUT2D eigenvalue weighted by Gasteiger charge is 2.15. The maximum atomic E-state index is 11.9. The summed E-state index contributed by atoms with van der Waals surface area (Å²) >= 11 is 0. The first-order valence-corrected chi connectivity index (χ1v) is 8.31. The van der Waals surface area contributed by atoms with Crippen molar-refractivity contribution in [3.63, 3.8) is 0 Å². The Labute approximate surface area is 136 Å². The number of nitrogens with one attached hydrogen (secondary N) is 2. The third-order valence-corrected chi connectivity index (χ3v) is 4.07. The second-order valence-electron chi connectivity index (χ2n) is 5.95. The second kappa shape index (κ2) is 7.92. The third-order valence-electron chi connectivity index (χ3n) is 4.07. The van der Waals surface area contributed by atoms with Crippen LogP contribution in [-0.4, -0.2) is 30.0 Å². The van der Waals surface area contributed by atoms with Gasteiger partial charge in [-0.25, -0.2) is 4.98 Å². The summed E-state index contributed by atoms with van der Waals surface area (Å²) in [6.07, 6.45) is 5.89. The zero-order valence-corrected chi connectivity index (χ0v) is 13.3. The second-order valence-corrected chi connectivity index (χ2v) is 5.95. The van der Waals surface area contributed by atoms with E-state index in [-0.39, 0.29) is 11.9 Å². The van der Waals surface area contributed by atoms with E-state index < -0.39 is 0 Å². The zero-order chi connectivity index (χ0) is 15.9. The summed E-state index contributed by atoms with van der Waals surface area (Å²) in [5, 5.41) is 6.38. The summed E-state index contributed by atoms with van der Waals surface area (Å²) in [7, 11) is 0. The van der Waals surface area contributed by atoms with Crippen molar-refractivity contribution in [2.24, 2.45) is 0 Å². The van der Waals surface area contributed by atoms with Crippen LogP contribution >= 0.6 is 0 Å². The van der Waals surface area contributed by atoms with Crippen molar-refractivity contribution in [3.05, 3.63) is 42.4 Å². The van der Waals surface area contributed by atoms with Crippen LogP contribution in [0, 0.1) is 0 Å². The lowest BCUT2D eigenvalue weighted by atomic mass is 10.1. The Morgan fingerprint density at radius 1 is 1.35 bits per heavy atom. The van der Waals surface area contributed by atoms with E-state index in [9.17, 15) is 4.79 Å². The van der Waals surface area contributed by atoms with Gasteiger partial charge >= 0.3 is 0 Å². The van der Waals surface area contributed by atoms with Crippen molar-refractivity contribution in [1.29, 1.82) is 0 Å². The van der Waals surface area contributed by atoms with E-state index in [4.69, 9.17) is 4.42 Å². The van der Waals surface area contributed by atoms with Crippen LogP contribution in [-0.2, 0) is 11.2 Å². The maximum absolute atomic E-state index is 11.9. The summed E-state index contributed by atoms with van der Waals surface area (Å²) in [6.45, 7) is 1.94. The number of aryl methyl sites for hydroxylation is 1. The van der Waals surface area contributed by atoms with Gasteiger partial charge in [0.15, 0.2) is 11.7 Å². The lowest BCUT2D eigenvalue weighted by molar-refractivity contribution is -0.122. The minimum absolute atomic E-state index is 0.119. The number of carbonyl (C=O) groups is 1. The highest BCUT2D eigenvalue weighted by Crippen LogP contribution is 2.20. The number of rotatable bonds is 6. The minimum atomic E-state index is 0.119. The van der Waals surface area contributed by atoms with Crippen molar-refractivity contribution in [1.82, 2.24) is 15.6 Å². The molecule has 0 saturated carbocycles. The van der Waals surface area contributed by atoms with Crippen LogP contribution in [0.5, 0.6) is 0 Å². The van der Waals surface area contributed by atoms with Gasteiger partial charge in [0.05, 0.1) is 6.20 Å². The molecular formula is C18H23N3O2. The Morgan fingerprint density at radius 3 is 3.00 bits per heavy atom. The smallest absolute Gasteiger partial charge is 0.220 e. The molecular weight excluding hydrogens is 290 g/mol. The highest BCUT2D eigenvalue weighted by atomic mass is 16.4. The van der Waals surface area contributed by atoms with Gasteiger partial charge in [0.1, 0.15) is 0 Å². The van der Waals surface area contributed by atoms with Gasteiger partial charge < -0.3 is 15.1 Å². The molecule has 1 saturated heterocycles. The van der Waals surface area contributed by atoms with E-state index in [1.807, 2.05) is 30.3 Å². The number of piperidine rings is 1. The van der Waals surface area contributed by atoms with Crippen LogP contribution in [0.4, 0.5) is 0 Å². The molecule has 1 aliphatic heterocycles. The van der Waals surface area contributed by atoms with Gasteiger partial charge in [-0.05, 0) is 25.8 Å². The Hall–Kier alpha value is -2.14. The molecule has 0 spiro atoms. The lowest BCUT2D eigenvalue weighted by Crippen LogP contribution is -2.45. The number of hydrogen-bond donors (Lipinski definition) is 2. The SMILES string of the molecule is O=C(CCCc1ncc(-c2ccccc2)o1)NC1CCCNC1. The average Bonchev–Trinajstić information content (AvgIpc) is 3.05. The summed E-state index contributed by atoms with van der Waals surface area (Å²) in [5.74, 6) is 1.59. The Morgan fingerprint density at radius 2 is 2.22 bits per heavy atom.